The summed E-state index contributed by atoms with van der Waals surface area (Å²) in [6.45, 7) is 0.953. The first kappa shape index (κ1) is 14.1. The normalized spacial score (nSPS) is 12.2. The molecule has 19 heavy (non-hydrogen) atoms. The molecule has 0 aliphatic carbocycles. The summed E-state index contributed by atoms with van der Waals surface area (Å²) in [4.78, 5) is 3.03. The molecule has 1 aromatic heterocycles. The van der Waals surface area contributed by atoms with Crippen molar-refractivity contribution >= 4 is 23.3 Å². The molecule has 0 spiro atoms. The number of aryl methyl sites for hydroxylation is 1. The molecule has 2 aromatic rings. The third-order valence-electron chi connectivity index (χ3n) is 2.72. The summed E-state index contributed by atoms with van der Waals surface area (Å²) in [5.74, 6) is 0. The molecular formula is C12H13F3N2OS. The average molecular weight is 290 g/mol. The van der Waals surface area contributed by atoms with Gasteiger partial charge in [-0.25, -0.2) is 0 Å². The van der Waals surface area contributed by atoms with Crippen LogP contribution in [-0.4, -0.2) is 28.9 Å². The lowest BCUT2D eigenvalue weighted by Gasteiger charge is -2.09. The highest BCUT2D eigenvalue weighted by Gasteiger charge is 2.27. The largest absolute Gasteiger partial charge is 0.411 e. The third kappa shape index (κ3) is 3.36. The summed E-state index contributed by atoms with van der Waals surface area (Å²) in [5, 5.41) is 0. The Morgan fingerprint density at radius 1 is 1.37 bits per heavy atom. The van der Waals surface area contributed by atoms with E-state index in [4.69, 9.17) is 12.2 Å². The molecular weight excluding hydrogens is 277 g/mol. The number of benzene rings is 1. The van der Waals surface area contributed by atoms with E-state index in [0.29, 0.717) is 11.3 Å². The predicted molar refractivity (Wildman–Crippen MR) is 68.7 cm³/mol. The number of alkyl halides is 3. The highest BCUT2D eigenvalue weighted by molar-refractivity contribution is 7.71. The van der Waals surface area contributed by atoms with Crippen molar-refractivity contribution in [2.45, 2.75) is 19.6 Å². The summed E-state index contributed by atoms with van der Waals surface area (Å²) in [7, 11) is 0. The van der Waals surface area contributed by atoms with Crippen LogP contribution in [0.15, 0.2) is 18.2 Å². The van der Waals surface area contributed by atoms with Crippen molar-refractivity contribution in [2.75, 3.05) is 13.2 Å². The van der Waals surface area contributed by atoms with E-state index in [9.17, 15) is 13.2 Å². The van der Waals surface area contributed by atoms with E-state index < -0.39 is 12.8 Å². The number of hydrogen-bond donors (Lipinski definition) is 1. The molecule has 0 unspecified atom stereocenters. The zero-order chi connectivity index (χ0) is 14.0. The monoisotopic (exact) mass is 290 g/mol. The van der Waals surface area contributed by atoms with E-state index in [1.165, 1.54) is 0 Å². The smallest absolute Gasteiger partial charge is 0.370 e. The molecule has 1 aromatic carbocycles. The van der Waals surface area contributed by atoms with Gasteiger partial charge in [-0.05, 0) is 30.8 Å². The Labute approximate surface area is 113 Å². The lowest BCUT2D eigenvalue weighted by Crippen LogP contribution is -2.19. The number of aromatic nitrogens is 2. The number of aromatic amines is 1. The van der Waals surface area contributed by atoms with Gasteiger partial charge in [0.25, 0.3) is 0 Å². The number of rotatable bonds is 4. The number of imidazole rings is 1. The summed E-state index contributed by atoms with van der Waals surface area (Å²) < 4.78 is 42.7. The zero-order valence-corrected chi connectivity index (χ0v) is 11.1. The van der Waals surface area contributed by atoms with Gasteiger partial charge in [0.15, 0.2) is 4.77 Å². The molecule has 0 atom stereocenters. The van der Waals surface area contributed by atoms with Crippen LogP contribution in [-0.2, 0) is 11.3 Å². The van der Waals surface area contributed by atoms with Crippen LogP contribution in [0.1, 0.15) is 5.56 Å². The van der Waals surface area contributed by atoms with E-state index in [-0.39, 0.29) is 6.61 Å². The van der Waals surface area contributed by atoms with Gasteiger partial charge in [-0.15, -0.1) is 0 Å². The molecule has 0 aliphatic heterocycles. The molecule has 1 N–H and O–H groups in total. The molecule has 2 rings (SSSR count). The first-order valence-electron chi connectivity index (χ1n) is 5.71. The van der Waals surface area contributed by atoms with Gasteiger partial charge in [-0.3, -0.25) is 0 Å². The Kier molecular flexibility index (Phi) is 3.96. The SMILES string of the molecule is Cc1cccc2[nH]c(=S)n(CCOCC(F)(F)F)c12. The molecule has 0 aliphatic rings. The van der Waals surface area contributed by atoms with Crippen LogP contribution in [0.2, 0.25) is 0 Å². The first-order valence-corrected chi connectivity index (χ1v) is 6.12. The van der Waals surface area contributed by atoms with Crippen LogP contribution in [0.3, 0.4) is 0 Å². The Bertz CT molecular complexity index is 630. The molecule has 7 heteroatoms. The molecule has 1 heterocycles. The third-order valence-corrected chi connectivity index (χ3v) is 3.04. The predicted octanol–water partition coefficient (Wildman–Crippen LogP) is 3.59. The van der Waals surface area contributed by atoms with Crippen LogP contribution in [0.4, 0.5) is 13.2 Å². The quantitative estimate of drug-likeness (QED) is 0.689. The standard InChI is InChI=1S/C12H13F3N2OS/c1-8-3-2-4-9-10(8)17(11(19)16-9)5-6-18-7-12(13,14)15/h2-4H,5-7H2,1H3,(H,16,19). The van der Waals surface area contributed by atoms with Gasteiger partial charge in [0, 0.05) is 6.54 Å². The second-order valence-corrected chi connectivity index (χ2v) is 4.61. The van der Waals surface area contributed by atoms with Gasteiger partial charge >= 0.3 is 6.18 Å². The Morgan fingerprint density at radius 2 is 2.11 bits per heavy atom. The highest BCUT2D eigenvalue weighted by atomic mass is 32.1. The van der Waals surface area contributed by atoms with Crippen molar-refractivity contribution in [1.29, 1.82) is 0 Å². The average Bonchev–Trinajstić information content (AvgIpc) is 2.61. The van der Waals surface area contributed by atoms with Crippen molar-refractivity contribution < 1.29 is 17.9 Å². The summed E-state index contributed by atoms with van der Waals surface area (Å²) >= 11 is 5.17. The Balaban J connectivity index is 2.13. The number of para-hydroxylation sites is 1. The molecule has 104 valence electrons. The second-order valence-electron chi connectivity index (χ2n) is 4.22. The minimum atomic E-state index is -4.29. The fraction of sp³-hybridized carbons (Fsp3) is 0.417. The number of ether oxygens (including phenoxy) is 1. The van der Waals surface area contributed by atoms with Gasteiger partial charge in [-0.2, -0.15) is 13.2 Å². The van der Waals surface area contributed by atoms with Crippen molar-refractivity contribution in [1.82, 2.24) is 9.55 Å². The van der Waals surface area contributed by atoms with Gasteiger partial charge < -0.3 is 14.3 Å². The van der Waals surface area contributed by atoms with Crippen molar-refractivity contribution in [3.63, 3.8) is 0 Å². The van der Waals surface area contributed by atoms with Gasteiger partial charge in [-0.1, -0.05) is 12.1 Å². The van der Waals surface area contributed by atoms with E-state index in [1.807, 2.05) is 25.1 Å². The fourth-order valence-electron chi connectivity index (χ4n) is 1.96. The summed E-state index contributed by atoms with van der Waals surface area (Å²) in [6, 6.07) is 5.71. The van der Waals surface area contributed by atoms with Crippen LogP contribution >= 0.6 is 12.2 Å². The van der Waals surface area contributed by atoms with Crippen LogP contribution in [0.25, 0.3) is 11.0 Å². The summed E-state index contributed by atoms with van der Waals surface area (Å²) in [6.07, 6.45) is -4.29. The van der Waals surface area contributed by atoms with Gasteiger partial charge in [0.1, 0.15) is 6.61 Å². The minimum Gasteiger partial charge on any atom is -0.370 e. The highest BCUT2D eigenvalue weighted by Crippen LogP contribution is 2.18. The van der Waals surface area contributed by atoms with Crippen molar-refractivity contribution in [2.24, 2.45) is 0 Å². The van der Waals surface area contributed by atoms with Crippen molar-refractivity contribution in [3.05, 3.63) is 28.5 Å². The zero-order valence-electron chi connectivity index (χ0n) is 10.3. The molecule has 0 saturated heterocycles. The minimum absolute atomic E-state index is 0.0326. The number of H-pyrrole nitrogens is 1. The van der Waals surface area contributed by atoms with E-state index >= 15 is 0 Å². The maximum atomic E-state index is 12.0. The number of fused-ring (bicyclic) bond motifs is 1. The van der Waals surface area contributed by atoms with Crippen LogP contribution < -0.4 is 0 Å². The van der Waals surface area contributed by atoms with Gasteiger partial charge in [0.05, 0.1) is 17.6 Å². The van der Waals surface area contributed by atoms with Crippen molar-refractivity contribution in [3.8, 4) is 0 Å². The van der Waals surface area contributed by atoms with Gasteiger partial charge in [0.2, 0.25) is 0 Å². The Hall–Kier alpha value is -1.34. The van der Waals surface area contributed by atoms with E-state index in [0.717, 1.165) is 16.6 Å². The Morgan fingerprint density at radius 3 is 2.79 bits per heavy atom. The lowest BCUT2D eigenvalue weighted by atomic mass is 10.2. The number of halogens is 3. The topological polar surface area (TPSA) is 29.9 Å². The first-order chi connectivity index (χ1) is 8.88. The summed E-state index contributed by atoms with van der Waals surface area (Å²) in [5.41, 5.74) is 2.80. The molecule has 3 nitrogen and oxygen atoms in total. The second kappa shape index (κ2) is 5.34. The van der Waals surface area contributed by atoms with Crippen LogP contribution in [0, 0.1) is 11.7 Å². The lowest BCUT2D eigenvalue weighted by molar-refractivity contribution is -0.174. The fourth-order valence-corrected chi connectivity index (χ4v) is 2.25. The van der Waals surface area contributed by atoms with E-state index in [1.54, 1.807) is 4.57 Å². The maximum absolute atomic E-state index is 12.0. The number of hydrogen-bond acceptors (Lipinski definition) is 2. The molecule has 0 amide bonds. The number of nitrogens with zero attached hydrogens (tertiary/aromatic N) is 1. The van der Waals surface area contributed by atoms with E-state index in [2.05, 4.69) is 9.72 Å². The van der Waals surface area contributed by atoms with Crippen LogP contribution in [0.5, 0.6) is 0 Å². The molecule has 0 bridgehead atoms. The number of nitrogens with one attached hydrogen (secondary N) is 1. The maximum Gasteiger partial charge on any atom is 0.411 e. The molecule has 0 saturated carbocycles. The molecule has 0 radical (unpaired) electrons. The molecule has 0 fully saturated rings.